The van der Waals surface area contributed by atoms with Crippen LogP contribution in [0.1, 0.15) is 20.8 Å². The number of amides is 1. The van der Waals surface area contributed by atoms with Gasteiger partial charge in [-0.3, -0.25) is 4.79 Å². The number of carbonyl (C=O) groups is 1. The first-order valence-electron chi connectivity index (χ1n) is 4.12. The van der Waals surface area contributed by atoms with E-state index in [0.29, 0.717) is 4.48 Å². The van der Waals surface area contributed by atoms with Crippen LogP contribution in [0, 0.1) is 0 Å². The summed E-state index contributed by atoms with van der Waals surface area (Å²) in [7, 11) is 0. The maximum Gasteiger partial charge on any atom is 0.221 e. The summed E-state index contributed by atoms with van der Waals surface area (Å²) in [6.07, 6.45) is 1.08. The van der Waals surface area contributed by atoms with Crippen LogP contribution in [0.4, 0.5) is 4.39 Å². The van der Waals surface area contributed by atoms with E-state index in [1.54, 1.807) is 0 Å². The molecule has 0 aliphatic rings. The Morgan fingerprint density at radius 3 is 2.07 bits per heavy atom. The zero-order valence-corrected chi connectivity index (χ0v) is 10.2. The fourth-order valence-corrected chi connectivity index (χ4v) is 0.742. The van der Waals surface area contributed by atoms with Crippen molar-refractivity contribution >= 4 is 21.8 Å². The summed E-state index contributed by atoms with van der Waals surface area (Å²) in [6, 6.07) is 0. The highest BCUT2D eigenvalue weighted by Crippen LogP contribution is 2.13. The Kier molecular flexibility index (Phi) is 9.66. The van der Waals surface area contributed by atoms with Crippen molar-refractivity contribution in [3.05, 3.63) is 35.2 Å². The molecule has 0 heterocycles. The van der Waals surface area contributed by atoms with Gasteiger partial charge in [0.05, 0.1) is 5.70 Å². The van der Waals surface area contributed by atoms with Crippen LogP contribution >= 0.6 is 15.9 Å². The molecule has 0 rings (SSSR count). The van der Waals surface area contributed by atoms with Gasteiger partial charge in [0.1, 0.15) is 5.83 Å². The van der Waals surface area contributed by atoms with Crippen molar-refractivity contribution in [3.63, 3.8) is 0 Å². The van der Waals surface area contributed by atoms with Crippen molar-refractivity contribution in [1.29, 1.82) is 0 Å². The highest BCUT2D eigenvalue weighted by molar-refractivity contribution is 9.11. The molecule has 0 aliphatic heterocycles. The largest absolute Gasteiger partial charge is 0.325 e. The van der Waals surface area contributed by atoms with Crippen molar-refractivity contribution in [1.82, 2.24) is 5.32 Å². The Labute approximate surface area is 92.7 Å². The molecule has 0 aromatic rings. The van der Waals surface area contributed by atoms with E-state index in [9.17, 15) is 9.18 Å². The molecule has 2 nitrogen and oxygen atoms in total. The lowest BCUT2D eigenvalue weighted by Crippen LogP contribution is -2.19. The van der Waals surface area contributed by atoms with E-state index in [4.69, 9.17) is 0 Å². The third kappa shape index (κ3) is 9.19. The first kappa shape index (κ1) is 15.6. The summed E-state index contributed by atoms with van der Waals surface area (Å²) in [5.74, 6) is -0.928. The minimum absolute atomic E-state index is 0.273. The summed E-state index contributed by atoms with van der Waals surface area (Å²) in [4.78, 5) is 10.6. The molecule has 0 unspecified atom stereocenters. The highest BCUT2D eigenvalue weighted by atomic mass is 79.9. The van der Waals surface area contributed by atoms with Crippen LogP contribution in [0.3, 0.4) is 0 Å². The van der Waals surface area contributed by atoms with E-state index >= 15 is 0 Å². The molecule has 4 heteroatoms. The lowest BCUT2D eigenvalue weighted by atomic mass is 10.3. The molecule has 1 amide bonds. The van der Waals surface area contributed by atoms with Gasteiger partial charge >= 0.3 is 0 Å². The molecule has 1 N–H and O–H groups in total. The zero-order chi connectivity index (χ0) is 11.7. The molecule has 0 radical (unpaired) electrons. The van der Waals surface area contributed by atoms with Crippen molar-refractivity contribution in [2.24, 2.45) is 0 Å². The second-order valence-corrected chi connectivity index (χ2v) is 3.05. The standard InChI is InChI=1S/C8H9BrFNO.C2H6/c1-5(10)4-8(6(2)9)11-7(3)12;1-2/h4H,1-2H2,3H3,(H,11,12);1-2H3/b8-4+;. The van der Waals surface area contributed by atoms with E-state index in [1.165, 1.54) is 6.92 Å². The molecule has 0 atom stereocenters. The average Bonchev–Trinajstić information content (AvgIpc) is 2.05. The predicted molar refractivity (Wildman–Crippen MR) is 61.6 cm³/mol. The number of carbonyl (C=O) groups excluding carboxylic acids is 1. The molecular weight excluding hydrogens is 249 g/mol. The molecule has 0 bridgehead atoms. The molecule has 0 saturated heterocycles. The molecule has 0 spiro atoms. The summed E-state index contributed by atoms with van der Waals surface area (Å²) in [5, 5.41) is 2.39. The minimum atomic E-state index is -0.639. The average molecular weight is 264 g/mol. The molecule has 14 heavy (non-hydrogen) atoms. The molecule has 0 saturated carbocycles. The second-order valence-electron chi connectivity index (χ2n) is 2.09. The number of hydrogen-bond donors (Lipinski definition) is 1. The number of halogens is 2. The van der Waals surface area contributed by atoms with Crippen LogP contribution in [-0.2, 0) is 4.79 Å². The maximum absolute atomic E-state index is 12.3. The molecule has 0 aliphatic carbocycles. The Hall–Kier alpha value is -0.900. The van der Waals surface area contributed by atoms with Crippen LogP contribution in [-0.4, -0.2) is 5.91 Å². The lowest BCUT2D eigenvalue weighted by Gasteiger charge is -2.04. The maximum atomic E-state index is 12.3. The van der Waals surface area contributed by atoms with E-state index in [0.717, 1.165) is 6.08 Å². The van der Waals surface area contributed by atoms with Crippen LogP contribution < -0.4 is 5.32 Å². The molecule has 80 valence electrons. The van der Waals surface area contributed by atoms with Gasteiger partial charge < -0.3 is 5.32 Å². The van der Waals surface area contributed by atoms with E-state index in [2.05, 4.69) is 34.4 Å². The van der Waals surface area contributed by atoms with Crippen LogP contribution in [0.5, 0.6) is 0 Å². The summed E-state index contributed by atoms with van der Waals surface area (Å²) >= 11 is 3.01. The first-order valence-corrected chi connectivity index (χ1v) is 4.91. The fraction of sp³-hybridized carbons (Fsp3) is 0.300. The number of allylic oxidation sites excluding steroid dienone is 3. The zero-order valence-electron chi connectivity index (χ0n) is 8.66. The van der Waals surface area contributed by atoms with E-state index in [1.807, 2.05) is 13.8 Å². The van der Waals surface area contributed by atoms with Gasteiger partial charge in [-0.15, -0.1) is 0 Å². The summed E-state index contributed by atoms with van der Waals surface area (Å²) in [6.45, 7) is 11.8. The van der Waals surface area contributed by atoms with Gasteiger partial charge in [0.25, 0.3) is 0 Å². The van der Waals surface area contributed by atoms with E-state index < -0.39 is 5.83 Å². The van der Waals surface area contributed by atoms with E-state index in [-0.39, 0.29) is 11.6 Å². The minimum Gasteiger partial charge on any atom is -0.325 e. The molecular formula is C10H15BrFNO. The highest BCUT2D eigenvalue weighted by Gasteiger charge is 2.01. The number of rotatable bonds is 3. The predicted octanol–water partition coefficient (Wildman–Crippen LogP) is 3.42. The second kappa shape index (κ2) is 8.69. The third-order valence-electron chi connectivity index (χ3n) is 0.904. The Morgan fingerprint density at radius 1 is 1.43 bits per heavy atom. The van der Waals surface area contributed by atoms with Crippen molar-refractivity contribution in [2.45, 2.75) is 20.8 Å². The van der Waals surface area contributed by atoms with Gasteiger partial charge in [-0.1, -0.05) is 27.0 Å². The van der Waals surface area contributed by atoms with Gasteiger partial charge in [-0.05, 0) is 22.0 Å². The molecule has 0 fully saturated rings. The van der Waals surface area contributed by atoms with Crippen molar-refractivity contribution in [2.75, 3.05) is 0 Å². The van der Waals surface area contributed by atoms with Crippen LogP contribution in [0.2, 0.25) is 0 Å². The Bertz CT molecular complexity index is 259. The van der Waals surface area contributed by atoms with Gasteiger partial charge in [-0.25, -0.2) is 4.39 Å². The van der Waals surface area contributed by atoms with Gasteiger partial charge in [0.15, 0.2) is 0 Å². The van der Waals surface area contributed by atoms with Crippen LogP contribution in [0.15, 0.2) is 35.2 Å². The van der Waals surface area contributed by atoms with Crippen molar-refractivity contribution < 1.29 is 9.18 Å². The molecule has 0 aromatic carbocycles. The first-order chi connectivity index (χ1) is 6.43. The summed E-state index contributed by atoms with van der Waals surface area (Å²) < 4.78 is 12.7. The topological polar surface area (TPSA) is 29.1 Å². The van der Waals surface area contributed by atoms with Crippen molar-refractivity contribution in [3.8, 4) is 0 Å². The lowest BCUT2D eigenvalue weighted by molar-refractivity contribution is -0.118. The van der Waals surface area contributed by atoms with Gasteiger partial charge in [-0.2, -0.15) is 0 Å². The quantitative estimate of drug-likeness (QED) is 0.777. The van der Waals surface area contributed by atoms with Crippen LogP contribution in [0.25, 0.3) is 0 Å². The monoisotopic (exact) mass is 263 g/mol. The number of hydrogen-bond acceptors (Lipinski definition) is 1. The molecule has 0 aromatic heterocycles. The Morgan fingerprint density at radius 2 is 1.86 bits per heavy atom. The normalized spacial score (nSPS) is 9.64. The Balaban J connectivity index is 0. The van der Waals surface area contributed by atoms with Gasteiger partial charge in [0, 0.05) is 11.4 Å². The third-order valence-corrected chi connectivity index (χ3v) is 1.33. The SMILES string of the molecule is C=C(F)/C=C(/NC(C)=O)C(=C)Br.CC. The number of nitrogens with one attached hydrogen (secondary N) is 1. The summed E-state index contributed by atoms with van der Waals surface area (Å²) in [5.41, 5.74) is 0.273. The fourth-order valence-electron chi connectivity index (χ4n) is 0.528. The smallest absolute Gasteiger partial charge is 0.221 e. The van der Waals surface area contributed by atoms with Gasteiger partial charge in [0.2, 0.25) is 5.91 Å².